The minimum atomic E-state index is -4.38. The minimum absolute atomic E-state index is 0.00218. The van der Waals surface area contributed by atoms with Crippen LogP contribution in [0, 0.1) is 18.6 Å². The van der Waals surface area contributed by atoms with Crippen LogP contribution in [0.2, 0.25) is 0 Å². The van der Waals surface area contributed by atoms with Crippen LogP contribution in [0.1, 0.15) is 16.2 Å². The quantitative estimate of drug-likeness (QED) is 0.386. The number of halogens is 2. The molecule has 2 aromatic heterocycles. The Morgan fingerprint density at radius 1 is 1.06 bits per heavy atom. The fraction of sp³-hybridized carbons (Fsp3) is 0.0870. The van der Waals surface area contributed by atoms with Gasteiger partial charge in [-0.3, -0.25) is 9.52 Å². The van der Waals surface area contributed by atoms with Crippen LogP contribution in [0.25, 0.3) is 11.3 Å². The van der Waals surface area contributed by atoms with Crippen LogP contribution in [-0.2, 0) is 10.0 Å². The summed E-state index contributed by atoms with van der Waals surface area (Å²) in [6.45, 7) is 1.22. The van der Waals surface area contributed by atoms with E-state index in [2.05, 4.69) is 20.0 Å². The second-order valence-electron chi connectivity index (χ2n) is 7.22. The highest BCUT2D eigenvalue weighted by atomic mass is 32.2. The maximum Gasteiger partial charge on any atom is 0.311 e. The highest BCUT2D eigenvalue weighted by Gasteiger charge is 2.24. The first kappa shape index (κ1) is 23.8. The van der Waals surface area contributed by atoms with Crippen molar-refractivity contribution in [3.05, 3.63) is 84.0 Å². The third kappa shape index (κ3) is 4.96. The van der Waals surface area contributed by atoms with Gasteiger partial charge in [-0.25, -0.2) is 27.2 Å². The molecule has 2 aromatic carbocycles. The molecular weight excluding hydrogens is 482 g/mol. The molecule has 12 heteroatoms. The summed E-state index contributed by atoms with van der Waals surface area (Å²) in [6.07, 6.45) is 2.57. The van der Waals surface area contributed by atoms with Crippen LogP contribution >= 0.6 is 0 Å². The smallest absolute Gasteiger partial charge is 0.311 e. The number of hydrogen-bond acceptors (Lipinski definition) is 7. The second-order valence-corrected chi connectivity index (χ2v) is 8.87. The number of carbonyl (C=O) groups is 1. The lowest BCUT2D eigenvalue weighted by Crippen LogP contribution is -2.17. The lowest BCUT2D eigenvalue weighted by atomic mass is 10.2. The molecule has 0 aliphatic heterocycles. The van der Waals surface area contributed by atoms with Gasteiger partial charge in [-0.2, -0.15) is 0 Å². The molecule has 2 heterocycles. The van der Waals surface area contributed by atoms with Crippen LogP contribution in [-0.4, -0.2) is 31.4 Å². The third-order valence-electron chi connectivity index (χ3n) is 4.90. The Morgan fingerprint density at radius 3 is 2.51 bits per heavy atom. The van der Waals surface area contributed by atoms with E-state index in [0.29, 0.717) is 5.76 Å². The van der Waals surface area contributed by atoms with E-state index in [0.717, 1.165) is 23.8 Å². The molecule has 0 aliphatic rings. The first-order chi connectivity index (χ1) is 16.7. The Kier molecular flexibility index (Phi) is 6.47. The van der Waals surface area contributed by atoms with Gasteiger partial charge in [0.25, 0.3) is 15.9 Å². The molecule has 0 radical (unpaired) electrons. The van der Waals surface area contributed by atoms with E-state index in [1.807, 2.05) is 6.07 Å². The Hall–Kier alpha value is -4.32. The predicted octanol–water partition coefficient (Wildman–Crippen LogP) is 4.38. The van der Waals surface area contributed by atoms with Crippen LogP contribution < -0.4 is 14.8 Å². The fourth-order valence-corrected chi connectivity index (χ4v) is 4.38. The summed E-state index contributed by atoms with van der Waals surface area (Å²) in [5.74, 6) is -3.20. The van der Waals surface area contributed by atoms with Crippen molar-refractivity contribution in [2.75, 3.05) is 17.1 Å². The number of nitrogens with zero attached hydrogens (tertiary/aromatic N) is 2. The normalized spacial score (nSPS) is 11.2. The van der Waals surface area contributed by atoms with Crippen molar-refractivity contribution in [2.24, 2.45) is 0 Å². The fourth-order valence-electron chi connectivity index (χ4n) is 3.11. The molecule has 0 fully saturated rings. The number of pyridine rings is 1. The van der Waals surface area contributed by atoms with Crippen LogP contribution in [0.15, 0.2) is 70.2 Å². The molecule has 4 rings (SSSR count). The van der Waals surface area contributed by atoms with Gasteiger partial charge in [-0.15, -0.1) is 0 Å². The molecule has 2 N–H and O–H groups in total. The van der Waals surface area contributed by atoms with Crippen molar-refractivity contribution in [2.45, 2.75) is 11.8 Å². The first-order valence-corrected chi connectivity index (χ1v) is 11.5. The zero-order valence-corrected chi connectivity index (χ0v) is 19.2. The Labute approximate surface area is 198 Å². The molecular formula is C23H18F2N4O5S. The van der Waals surface area contributed by atoms with Gasteiger partial charge >= 0.3 is 5.91 Å². The lowest BCUT2D eigenvalue weighted by Gasteiger charge is -2.14. The standard InChI is InChI=1S/C23H18F2N4O5S/c1-13-17(9-8-16(24)20(13)25)29-35(31,32)19-10-15(11-26-22(19)33-2)28-21(30)23-27-12-18(34-23)14-6-4-3-5-7-14/h3-12,29H,1-2H3,(H,28,30). The van der Waals surface area contributed by atoms with Crippen molar-refractivity contribution < 1.29 is 31.1 Å². The van der Waals surface area contributed by atoms with Gasteiger partial charge in [-0.05, 0) is 25.1 Å². The highest BCUT2D eigenvalue weighted by molar-refractivity contribution is 7.92. The summed E-state index contributed by atoms with van der Waals surface area (Å²) in [6, 6.07) is 12.0. The number of benzene rings is 2. The molecule has 4 aromatic rings. The summed E-state index contributed by atoms with van der Waals surface area (Å²) in [5.41, 5.74) is 0.312. The van der Waals surface area contributed by atoms with Crippen LogP contribution in [0.3, 0.4) is 0 Å². The molecule has 0 atom stereocenters. The Morgan fingerprint density at radius 2 is 1.80 bits per heavy atom. The molecule has 0 saturated heterocycles. The van der Waals surface area contributed by atoms with E-state index in [-0.39, 0.29) is 28.7 Å². The van der Waals surface area contributed by atoms with Crippen molar-refractivity contribution in [3.63, 3.8) is 0 Å². The molecule has 9 nitrogen and oxygen atoms in total. The van der Waals surface area contributed by atoms with Gasteiger partial charge in [0.1, 0.15) is 0 Å². The van der Waals surface area contributed by atoms with Crippen molar-refractivity contribution in [1.29, 1.82) is 0 Å². The molecule has 180 valence electrons. The Bertz CT molecular complexity index is 1510. The second kappa shape index (κ2) is 9.50. The third-order valence-corrected chi connectivity index (χ3v) is 6.26. The van der Waals surface area contributed by atoms with E-state index in [1.165, 1.54) is 26.4 Å². The maximum atomic E-state index is 13.9. The SMILES string of the molecule is COc1ncc(NC(=O)c2ncc(-c3ccccc3)o2)cc1S(=O)(=O)Nc1ccc(F)c(F)c1C. The van der Waals surface area contributed by atoms with Gasteiger partial charge in [0.2, 0.25) is 5.88 Å². The number of ether oxygens (including phenoxy) is 1. The topological polar surface area (TPSA) is 123 Å². The summed E-state index contributed by atoms with van der Waals surface area (Å²) < 4.78 is 66.0. The number of methoxy groups -OCH3 is 1. The average Bonchev–Trinajstić information content (AvgIpc) is 3.36. The van der Waals surface area contributed by atoms with Gasteiger partial charge in [-0.1, -0.05) is 30.3 Å². The summed E-state index contributed by atoms with van der Waals surface area (Å²) in [7, 11) is -3.17. The Balaban J connectivity index is 1.60. The van der Waals surface area contributed by atoms with Crippen molar-refractivity contribution in [1.82, 2.24) is 9.97 Å². The van der Waals surface area contributed by atoms with Gasteiger partial charge in [0.05, 0.1) is 30.9 Å². The minimum Gasteiger partial charge on any atom is -0.480 e. The number of hydrogen-bond donors (Lipinski definition) is 2. The molecule has 0 aliphatic carbocycles. The van der Waals surface area contributed by atoms with Crippen molar-refractivity contribution >= 4 is 27.3 Å². The monoisotopic (exact) mass is 500 g/mol. The number of amides is 1. The number of carbonyl (C=O) groups excluding carboxylic acids is 1. The number of oxazole rings is 1. The van der Waals surface area contributed by atoms with E-state index in [1.54, 1.807) is 24.3 Å². The maximum absolute atomic E-state index is 13.9. The largest absolute Gasteiger partial charge is 0.480 e. The lowest BCUT2D eigenvalue weighted by molar-refractivity contribution is 0.0991. The summed E-state index contributed by atoms with van der Waals surface area (Å²) in [4.78, 5) is 20.0. The van der Waals surface area contributed by atoms with Gasteiger partial charge in [0, 0.05) is 11.1 Å². The summed E-state index contributed by atoms with van der Waals surface area (Å²) >= 11 is 0. The first-order valence-electron chi connectivity index (χ1n) is 10.0. The number of anilines is 2. The summed E-state index contributed by atoms with van der Waals surface area (Å²) in [5, 5.41) is 2.46. The molecule has 1 amide bonds. The predicted molar refractivity (Wildman–Crippen MR) is 123 cm³/mol. The molecule has 0 unspecified atom stereocenters. The number of aromatic nitrogens is 2. The molecule has 35 heavy (non-hydrogen) atoms. The van der Waals surface area contributed by atoms with E-state index in [4.69, 9.17) is 9.15 Å². The van der Waals surface area contributed by atoms with E-state index < -0.39 is 32.5 Å². The number of sulfonamides is 1. The highest BCUT2D eigenvalue weighted by Crippen LogP contribution is 2.29. The van der Waals surface area contributed by atoms with Crippen LogP contribution in [0.5, 0.6) is 5.88 Å². The van der Waals surface area contributed by atoms with Gasteiger partial charge < -0.3 is 14.5 Å². The van der Waals surface area contributed by atoms with Crippen molar-refractivity contribution in [3.8, 4) is 17.2 Å². The average molecular weight is 500 g/mol. The van der Waals surface area contributed by atoms with Crippen LogP contribution in [0.4, 0.5) is 20.2 Å². The van der Waals surface area contributed by atoms with E-state index in [9.17, 15) is 22.0 Å². The zero-order chi connectivity index (χ0) is 25.2. The van der Waals surface area contributed by atoms with E-state index >= 15 is 0 Å². The molecule has 0 spiro atoms. The number of nitrogens with one attached hydrogen (secondary N) is 2. The molecule has 0 saturated carbocycles. The molecule has 0 bridgehead atoms. The number of rotatable bonds is 7. The van der Waals surface area contributed by atoms with Gasteiger partial charge in [0.15, 0.2) is 22.3 Å². The zero-order valence-electron chi connectivity index (χ0n) is 18.4.